The van der Waals surface area contributed by atoms with E-state index in [-0.39, 0.29) is 0 Å². The third-order valence-corrected chi connectivity index (χ3v) is 6.34. The fourth-order valence-corrected chi connectivity index (χ4v) is 5.24. The number of para-hydroxylation sites is 1. The maximum absolute atomic E-state index is 6.05. The highest BCUT2D eigenvalue weighted by molar-refractivity contribution is 6.36. The standard InChI is InChI=1S/C25H17N2O/c1-14-9-10-15-16-11-13-28-25(16)22-17-6-3-4-7-18(17)27-19-8-5-12-26(2)23(19)20(14)21(15)24(22)27/h3-13H,1-2H3/q+1. The topological polar surface area (TPSA) is 21.4 Å². The first-order chi connectivity index (χ1) is 13.8. The first kappa shape index (κ1) is 14.5. The smallest absolute Gasteiger partial charge is 0.237 e. The van der Waals surface area contributed by atoms with Gasteiger partial charge >= 0.3 is 0 Å². The van der Waals surface area contributed by atoms with Gasteiger partial charge in [0.05, 0.1) is 28.1 Å². The second-order valence-corrected chi connectivity index (χ2v) is 7.77. The van der Waals surface area contributed by atoms with E-state index in [9.17, 15) is 0 Å². The Morgan fingerprint density at radius 2 is 1.64 bits per heavy atom. The van der Waals surface area contributed by atoms with E-state index in [4.69, 9.17) is 4.42 Å². The predicted octanol–water partition coefficient (Wildman–Crippen LogP) is 5.87. The lowest BCUT2D eigenvalue weighted by molar-refractivity contribution is -0.644. The highest BCUT2D eigenvalue weighted by atomic mass is 16.3. The van der Waals surface area contributed by atoms with Gasteiger partial charge in [-0.15, -0.1) is 0 Å². The normalized spacial score (nSPS) is 12.6. The highest BCUT2D eigenvalue weighted by Crippen LogP contribution is 2.45. The molecule has 4 heterocycles. The van der Waals surface area contributed by atoms with Crippen molar-refractivity contribution in [2.45, 2.75) is 6.92 Å². The largest absolute Gasteiger partial charge is 0.464 e. The molecule has 7 aromatic rings. The molecule has 0 N–H and O–H groups in total. The average molecular weight is 361 g/mol. The molecule has 0 saturated heterocycles. The van der Waals surface area contributed by atoms with Crippen LogP contribution in [0.2, 0.25) is 0 Å². The van der Waals surface area contributed by atoms with Crippen LogP contribution in [0.5, 0.6) is 0 Å². The zero-order valence-corrected chi connectivity index (χ0v) is 15.7. The molecule has 28 heavy (non-hydrogen) atoms. The molecule has 0 unspecified atom stereocenters. The number of furan rings is 1. The van der Waals surface area contributed by atoms with E-state index in [1.807, 2.05) is 6.26 Å². The molecular weight excluding hydrogens is 344 g/mol. The molecule has 0 saturated carbocycles. The van der Waals surface area contributed by atoms with Crippen molar-refractivity contribution >= 4 is 60.0 Å². The van der Waals surface area contributed by atoms with E-state index >= 15 is 0 Å². The van der Waals surface area contributed by atoms with Crippen LogP contribution in [-0.4, -0.2) is 4.40 Å². The zero-order chi connectivity index (χ0) is 18.6. The van der Waals surface area contributed by atoms with Crippen LogP contribution in [0.25, 0.3) is 60.0 Å². The van der Waals surface area contributed by atoms with Crippen LogP contribution in [0.3, 0.4) is 0 Å². The van der Waals surface area contributed by atoms with E-state index in [2.05, 4.69) is 83.7 Å². The van der Waals surface area contributed by atoms with Crippen LogP contribution in [0.15, 0.2) is 71.5 Å². The Morgan fingerprint density at radius 1 is 0.786 bits per heavy atom. The number of hydrogen-bond donors (Lipinski definition) is 0. The van der Waals surface area contributed by atoms with Gasteiger partial charge in [-0.05, 0) is 36.1 Å². The van der Waals surface area contributed by atoms with Gasteiger partial charge in [-0.3, -0.25) is 0 Å². The fraction of sp³-hybridized carbons (Fsp3) is 0.0800. The van der Waals surface area contributed by atoms with Gasteiger partial charge in [-0.25, -0.2) is 0 Å². The summed E-state index contributed by atoms with van der Waals surface area (Å²) >= 11 is 0. The molecule has 3 aromatic carbocycles. The summed E-state index contributed by atoms with van der Waals surface area (Å²) in [6.07, 6.45) is 3.96. The van der Waals surface area contributed by atoms with E-state index in [1.165, 1.54) is 59.9 Å². The fourth-order valence-electron chi connectivity index (χ4n) is 5.24. The van der Waals surface area contributed by atoms with Crippen LogP contribution in [0.4, 0.5) is 0 Å². The molecule has 0 aliphatic carbocycles. The van der Waals surface area contributed by atoms with E-state index in [0.29, 0.717) is 0 Å². The van der Waals surface area contributed by atoms with Crippen LogP contribution in [-0.2, 0) is 7.05 Å². The number of aryl methyl sites for hydroxylation is 2. The van der Waals surface area contributed by atoms with Gasteiger partial charge in [0.2, 0.25) is 5.52 Å². The van der Waals surface area contributed by atoms with Crippen molar-refractivity contribution in [3.05, 3.63) is 72.6 Å². The van der Waals surface area contributed by atoms with Crippen LogP contribution in [0.1, 0.15) is 5.56 Å². The molecule has 0 bridgehead atoms. The summed E-state index contributed by atoms with van der Waals surface area (Å²) in [7, 11) is 2.14. The molecule has 132 valence electrons. The summed E-state index contributed by atoms with van der Waals surface area (Å²) in [5.74, 6) is 0. The Bertz CT molecular complexity index is 1730. The minimum Gasteiger partial charge on any atom is -0.464 e. The molecule has 0 fully saturated rings. The third-order valence-electron chi connectivity index (χ3n) is 6.34. The van der Waals surface area contributed by atoms with Crippen molar-refractivity contribution in [2.24, 2.45) is 7.05 Å². The lowest BCUT2D eigenvalue weighted by Gasteiger charge is -2.13. The molecule has 0 aliphatic rings. The molecule has 7 rings (SSSR count). The van der Waals surface area contributed by atoms with Crippen LogP contribution < -0.4 is 4.57 Å². The third kappa shape index (κ3) is 1.44. The SMILES string of the molecule is Cc1ccc2c3ccoc3c3c4ccccc4n4c5ccc[n+](C)c5c1c2c34. The van der Waals surface area contributed by atoms with Gasteiger partial charge in [0, 0.05) is 22.2 Å². The minimum atomic E-state index is 0.982. The molecule has 0 radical (unpaired) electrons. The first-order valence-corrected chi connectivity index (χ1v) is 9.61. The van der Waals surface area contributed by atoms with E-state index < -0.39 is 0 Å². The van der Waals surface area contributed by atoms with Gasteiger partial charge in [0.25, 0.3) is 0 Å². The van der Waals surface area contributed by atoms with Gasteiger partial charge in [-0.1, -0.05) is 30.3 Å². The molecule has 0 amide bonds. The van der Waals surface area contributed by atoms with Gasteiger partial charge in [-0.2, -0.15) is 4.57 Å². The number of aromatic nitrogens is 2. The van der Waals surface area contributed by atoms with Crippen molar-refractivity contribution in [2.75, 3.05) is 0 Å². The number of benzene rings is 3. The van der Waals surface area contributed by atoms with E-state index in [0.717, 1.165) is 5.58 Å². The monoisotopic (exact) mass is 361 g/mol. The molecule has 3 nitrogen and oxygen atoms in total. The second-order valence-electron chi connectivity index (χ2n) is 7.77. The van der Waals surface area contributed by atoms with Crippen molar-refractivity contribution in [3.63, 3.8) is 0 Å². The molecule has 3 heteroatoms. The quantitative estimate of drug-likeness (QED) is 0.188. The Hall–Kier alpha value is -3.59. The summed E-state index contributed by atoms with van der Waals surface area (Å²) in [6, 6.07) is 19.6. The van der Waals surface area contributed by atoms with Gasteiger partial charge in [0.15, 0.2) is 6.20 Å². The molecule has 0 spiro atoms. The maximum Gasteiger partial charge on any atom is 0.237 e. The summed E-state index contributed by atoms with van der Waals surface area (Å²) < 4.78 is 10.7. The average Bonchev–Trinajstić information content (AvgIpc) is 3.31. The van der Waals surface area contributed by atoms with Gasteiger partial charge < -0.3 is 8.82 Å². The Labute approximate surface area is 160 Å². The summed E-state index contributed by atoms with van der Waals surface area (Å²) in [4.78, 5) is 0. The minimum absolute atomic E-state index is 0.982. The summed E-state index contributed by atoms with van der Waals surface area (Å²) in [5, 5.41) is 7.57. The summed E-state index contributed by atoms with van der Waals surface area (Å²) in [5.41, 5.74) is 7.26. The zero-order valence-electron chi connectivity index (χ0n) is 15.7. The number of pyridine rings is 2. The predicted molar refractivity (Wildman–Crippen MR) is 114 cm³/mol. The molecule has 4 aromatic heterocycles. The lowest BCUT2D eigenvalue weighted by Crippen LogP contribution is -2.29. The van der Waals surface area contributed by atoms with E-state index in [1.54, 1.807) is 0 Å². The highest BCUT2D eigenvalue weighted by Gasteiger charge is 2.26. The number of nitrogens with zero attached hydrogens (tertiary/aromatic N) is 2. The van der Waals surface area contributed by atoms with Crippen LogP contribution >= 0.6 is 0 Å². The summed E-state index contributed by atoms with van der Waals surface area (Å²) in [6.45, 7) is 2.22. The maximum atomic E-state index is 6.05. The van der Waals surface area contributed by atoms with Crippen molar-refractivity contribution in [1.82, 2.24) is 4.40 Å². The van der Waals surface area contributed by atoms with Crippen LogP contribution in [0, 0.1) is 6.92 Å². The first-order valence-electron chi connectivity index (χ1n) is 9.61. The number of fused-ring (bicyclic) bond motifs is 9. The Balaban J connectivity index is 2.08. The molecule has 0 aliphatic heterocycles. The van der Waals surface area contributed by atoms with Crippen molar-refractivity contribution in [1.29, 1.82) is 0 Å². The number of hydrogen-bond acceptors (Lipinski definition) is 1. The molecule has 0 atom stereocenters. The van der Waals surface area contributed by atoms with Crippen molar-refractivity contribution < 1.29 is 8.98 Å². The second kappa shape index (κ2) is 4.63. The number of rotatable bonds is 0. The Kier molecular flexibility index (Phi) is 2.39. The molecular formula is C25H17N2O+. The van der Waals surface area contributed by atoms with Gasteiger partial charge in [0.1, 0.15) is 18.1 Å². The lowest BCUT2D eigenvalue weighted by atomic mass is 9.95. The Morgan fingerprint density at radius 3 is 2.57 bits per heavy atom. The van der Waals surface area contributed by atoms with Crippen molar-refractivity contribution in [3.8, 4) is 0 Å².